The molecule has 2 heterocycles. The van der Waals surface area contributed by atoms with Gasteiger partial charge in [0.1, 0.15) is 5.52 Å². The van der Waals surface area contributed by atoms with Gasteiger partial charge in [0.25, 0.3) is 0 Å². The number of thioether (sulfide) groups is 1. The molecule has 0 bridgehead atoms. The minimum atomic E-state index is 0.663. The quantitative estimate of drug-likeness (QED) is 0.494. The van der Waals surface area contributed by atoms with E-state index in [2.05, 4.69) is 31.8 Å². The monoisotopic (exact) mass is 247 g/mol. The molecular weight excluding hydrogens is 234 g/mol. The first-order valence-electron chi connectivity index (χ1n) is 5.04. The van der Waals surface area contributed by atoms with Crippen LogP contribution in [0.3, 0.4) is 0 Å². The van der Waals surface area contributed by atoms with Gasteiger partial charge in [-0.3, -0.25) is 0 Å². The molecule has 0 amide bonds. The summed E-state index contributed by atoms with van der Waals surface area (Å²) >= 11 is 1.48. The highest BCUT2D eigenvalue weighted by molar-refractivity contribution is 7.98. The first-order valence-corrected chi connectivity index (χ1v) is 6.27. The summed E-state index contributed by atoms with van der Waals surface area (Å²) in [7, 11) is 0. The Hall–Kier alpha value is -1.82. The number of allylic oxidation sites excluding steroid dienone is 2. The zero-order valence-electron chi connectivity index (χ0n) is 9.69. The smallest absolute Gasteiger partial charge is 0.191 e. The third-order valence-corrected chi connectivity index (χ3v) is 2.58. The van der Waals surface area contributed by atoms with Crippen LogP contribution < -0.4 is 5.32 Å². The molecule has 5 nitrogen and oxygen atoms in total. The van der Waals surface area contributed by atoms with Crippen LogP contribution >= 0.6 is 11.8 Å². The van der Waals surface area contributed by atoms with Gasteiger partial charge in [0.15, 0.2) is 16.6 Å². The minimum absolute atomic E-state index is 0.663. The number of fused-ring (bicyclic) bond motifs is 1. The fourth-order valence-corrected chi connectivity index (χ4v) is 1.63. The molecule has 6 heteroatoms. The summed E-state index contributed by atoms with van der Waals surface area (Å²) in [6, 6.07) is 0. The van der Waals surface area contributed by atoms with E-state index in [-0.39, 0.29) is 0 Å². The maximum atomic E-state index is 4.38. The highest BCUT2D eigenvalue weighted by atomic mass is 32.2. The number of H-pyrrole nitrogens is 1. The van der Waals surface area contributed by atoms with Gasteiger partial charge in [-0.2, -0.15) is 0 Å². The van der Waals surface area contributed by atoms with E-state index in [4.69, 9.17) is 0 Å². The summed E-state index contributed by atoms with van der Waals surface area (Å²) in [5.41, 5.74) is 2.43. The van der Waals surface area contributed by atoms with Gasteiger partial charge in [0.2, 0.25) is 0 Å². The lowest BCUT2D eigenvalue weighted by Crippen LogP contribution is -1.97. The lowest BCUT2D eigenvalue weighted by atomic mass is 10.3. The molecule has 2 rings (SSSR count). The van der Waals surface area contributed by atoms with Crippen LogP contribution in [0, 0.1) is 0 Å². The summed E-state index contributed by atoms with van der Waals surface area (Å²) in [5, 5.41) is 3.79. The highest BCUT2D eigenvalue weighted by Gasteiger charge is 2.07. The summed E-state index contributed by atoms with van der Waals surface area (Å²) in [5.74, 6) is 0.717. The van der Waals surface area contributed by atoms with Crippen molar-refractivity contribution in [2.75, 3.05) is 11.6 Å². The van der Waals surface area contributed by atoms with E-state index in [0.717, 1.165) is 11.1 Å². The SMILES string of the molecule is C=C(C)C=CNc1nc(SC)nc2nc[nH]c12. The topological polar surface area (TPSA) is 66.5 Å². The molecule has 0 aliphatic carbocycles. The predicted molar refractivity (Wildman–Crippen MR) is 71.0 cm³/mol. The molecule has 0 aliphatic rings. The first kappa shape index (κ1) is 11.7. The third-order valence-electron chi connectivity index (χ3n) is 2.04. The number of rotatable bonds is 4. The van der Waals surface area contributed by atoms with Crippen molar-refractivity contribution in [2.24, 2.45) is 0 Å². The minimum Gasteiger partial charge on any atom is -0.345 e. The van der Waals surface area contributed by atoms with Crippen LogP contribution in [0.25, 0.3) is 11.2 Å². The van der Waals surface area contributed by atoms with Crippen LogP contribution in [0.15, 0.2) is 35.9 Å². The fraction of sp³-hybridized carbons (Fsp3) is 0.182. The van der Waals surface area contributed by atoms with E-state index in [1.54, 1.807) is 12.5 Å². The van der Waals surface area contributed by atoms with E-state index in [9.17, 15) is 0 Å². The maximum absolute atomic E-state index is 4.38. The van der Waals surface area contributed by atoms with Crippen LogP contribution in [-0.4, -0.2) is 26.2 Å². The standard InChI is InChI=1S/C11H13N5S/c1-7(2)4-5-12-9-8-10(14-6-13-8)16-11(15-9)17-3/h4-6H,1H2,2-3H3,(H2,12,13,14,15,16). The van der Waals surface area contributed by atoms with E-state index < -0.39 is 0 Å². The molecule has 0 radical (unpaired) electrons. The Bertz CT molecular complexity index is 572. The van der Waals surface area contributed by atoms with E-state index in [1.165, 1.54) is 11.8 Å². The molecular formula is C11H13N5S. The number of hydrogen-bond acceptors (Lipinski definition) is 5. The number of hydrogen-bond donors (Lipinski definition) is 2. The number of aromatic nitrogens is 4. The van der Waals surface area contributed by atoms with Crippen molar-refractivity contribution < 1.29 is 0 Å². The molecule has 2 N–H and O–H groups in total. The number of nitrogens with zero attached hydrogens (tertiary/aromatic N) is 3. The number of aromatic amines is 1. The molecule has 2 aromatic heterocycles. The molecule has 0 aromatic carbocycles. The van der Waals surface area contributed by atoms with Crippen molar-refractivity contribution >= 4 is 28.7 Å². The molecule has 17 heavy (non-hydrogen) atoms. The largest absolute Gasteiger partial charge is 0.345 e. The highest BCUT2D eigenvalue weighted by Crippen LogP contribution is 2.20. The van der Waals surface area contributed by atoms with Crippen molar-refractivity contribution in [1.29, 1.82) is 0 Å². The molecule has 0 saturated heterocycles. The maximum Gasteiger partial charge on any atom is 0.191 e. The zero-order chi connectivity index (χ0) is 12.3. The summed E-state index contributed by atoms with van der Waals surface area (Å²) in [6.07, 6.45) is 7.22. The Balaban J connectivity index is 2.37. The molecule has 0 saturated carbocycles. The van der Waals surface area contributed by atoms with Gasteiger partial charge in [-0.15, -0.1) is 0 Å². The second-order valence-corrected chi connectivity index (χ2v) is 4.26. The Labute approximate surface area is 103 Å². The van der Waals surface area contributed by atoms with Crippen molar-refractivity contribution in [3.05, 3.63) is 30.8 Å². The Kier molecular flexibility index (Phi) is 3.43. The van der Waals surface area contributed by atoms with Gasteiger partial charge in [0.05, 0.1) is 6.33 Å². The zero-order valence-corrected chi connectivity index (χ0v) is 10.5. The van der Waals surface area contributed by atoms with Crippen molar-refractivity contribution in [1.82, 2.24) is 19.9 Å². The lowest BCUT2D eigenvalue weighted by Gasteiger charge is -2.03. The van der Waals surface area contributed by atoms with Gasteiger partial charge >= 0.3 is 0 Å². The molecule has 0 aliphatic heterocycles. The van der Waals surface area contributed by atoms with Crippen molar-refractivity contribution in [3.63, 3.8) is 0 Å². The Morgan fingerprint density at radius 2 is 2.35 bits per heavy atom. The second kappa shape index (κ2) is 5.01. The molecule has 0 spiro atoms. The van der Waals surface area contributed by atoms with Crippen LogP contribution in [0.4, 0.5) is 5.82 Å². The average Bonchev–Trinajstić information content (AvgIpc) is 2.76. The Morgan fingerprint density at radius 1 is 1.53 bits per heavy atom. The van der Waals surface area contributed by atoms with Crippen molar-refractivity contribution in [2.45, 2.75) is 12.1 Å². The molecule has 88 valence electrons. The Morgan fingerprint density at radius 3 is 3.06 bits per heavy atom. The normalized spacial score (nSPS) is 11.2. The van der Waals surface area contributed by atoms with Gasteiger partial charge in [-0.25, -0.2) is 15.0 Å². The summed E-state index contributed by atoms with van der Waals surface area (Å²) in [4.78, 5) is 15.8. The van der Waals surface area contributed by atoms with Gasteiger partial charge in [-0.1, -0.05) is 23.9 Å². The fourth-order valence-electron chi connectivity index (χ4n) is 1.27. The molecule has 0 fully saturated rings. The van der Waals surface area contributed by atoms with Crippen molar-refractivity contribution in [3.8, 4) is 0 Å². The third kappa shape index (κ3) is 2.65. The summed E-state index contributed by atoms with van der Waals surface area (Å²) < 4.78 is 0. The lowest BCUT2D eigenvalue weighted by molar-refractivity contribution is 1.00. The number of nitrogens with one attached hydrogen (secondary N) is 2. The van der Waals surface area contributed by atoms with Crippen LogP contribution in [-0.2, 0) is 0 Å². The molecule has 0 atom stereocenters. The average molecular weight is 247 g/mol. The van der Waals surface area contributed by atoms with E-state index in [0.29, 0.717) is 16.6 Å². The van der Waals surface area contributed by atoms with Gasteiger partial charge in [-0.05, 0) is 19.3 Å². The predicted octanol–water partition coefficient (Wildman–Crippen LogP) is 2.58. The first-order chi connectivity index (χ1) is 8.20. The molecule has 2 aromatic rings. The summed E-state index contributed by atoms with van der Waals surface area (Å²) in [6.45, 7) is 5.72. The molecule has 0 unspecified atom stereocenters. The van der Waals surface area contributed by atoms with E-state index >= 15 is 0 Å². The van der Waals surface area contributed by atoms with Crippen LogP contribution in [0.5, 0.6) is 0 Å². The van der Waals surface area contributed by atoms with E-state index in [1.807, 2.05) is 19.3 Å². The number of anilines is 1. The number of imidazole rings is 1. The van der Waals surface area contributed by atoms with Gasteiger partial charge < -0.3 is 10.3 Å². The van der Waals surface area contributed by atoms with Crippen LogP contribution in [0.2, 0.25) is 0 Å². The van der Waals surface area contributed by atoms with Gasteiger partial charge in [0, 0.05) is 6.20 Å². The van der Waals surface area contributed by atoms with Crippen LogP contribution in [0.1, 0.15) is 6.92 Å². The second-order valence-electron chi connectivity index (χ2n) is 3.48.